The third-order valence-corrected chi connectivity index (χ3v) is 3.57. The van der Waals surface area contributed by atoms with Crippen LogP contribution >= 0.6 is 23.2 Å². The summed E-state index contributed by atoms with van der Waals surface area (Å²) in [7, 11) is 0. The topological polar surface area (TPSA) is 22.1 Å². The lowest BCUT2D eigenvalue weighted by Gasteiger charge is -2.08. The molecule has 3 rings (SSSR count). The van der Waals surface area contributed by atoms with Gasteiger partial charge in [-0.1, -0.05) is 35.3 Å². The summed E-state index contributed by atoms with van der Waals surface area (Å²) in [6, 6.07) is 15.1. The van der Waals surface area contributed by atoms with Crippen molar-refractivity contribution in [1.82, 2.24) is 4.98 Å². The van der Waals surface area contributed by atoms with Crippen LogP contribution in [0.4, 0.5) is 0 Å². The molecular formula is C16H11Cl2NO. The Balaban J connectivity index is 1.79. The maximum absolute atomic E-state index is 6.11. The molecule has 0 aliphatic rings. The van der Waals surface area contributed by atoms with Crippen molar-refractivity contribution in [3.63, 3.8) is 0 Å². The Morgan fingerprint density at radius 2 is 1.90 bits per heavy atom. The number of nitrogens with zero attached hydrogens (tertiary/aromatic N) is 1. The lowest BCUT2D eigenvalue weighted by Crippen LogP contribution is -1.96. The van der Waals surface area contributed by atoms with Gasteiger partial charge in [-0.25, -0.2) is 0 Å². The lowest BCUT2D eigenvalue weighted by molar-refractivity contribution is 0.306. The molecular weight excluding hydrogens is 293 g/mol. The highest BCUT2D eigenvalue weighted by Crippen LogP contribution is 2.24. The molecule has 0 saturated heterocycles. The second kappa shape index (κ2) is 5.70. The van der Waals surface area contributed by atoms with Crippen LogP contribution in [0.5, 0.6) is 5.75 Å². The standard InChI is InChI=1S/C16H11Cl2NO/c17-13-5-3-12(15(18)8-13)10-20-14-6-4-11-2-1-7-19-16(11)9-14/h1-9H,10H2. The molecule has 1 heterocycles. The summed E-state index contributed by atoms with van der Waals surface area (Å²) in [6.45, 7) is 0.397. The van der Waals surface area contributed by atoms with Gasteiger partial charge in [0.15, 0.2) is 0 Å². The summed E-state index contributed by atoms with van der Waals surface area (Å²) < 4.78 is 5.75. The molecule has 0 amide bonds. The average molecular weight is 304 g/mol. The van der Waals surface area contributed by atoms with Crippen LogP contribution in [0.25, 0.3) is 10.9 Å². The molecule has 0 radical (unpaired) electrons. The molecule has 0 saturated carbocycles. The Morgan fingerprint density at radius 3 is 2.75 bits per heavy atom. The zero-order valence-corrected chi connectivity index (χ0v) is 12.0. The van der Waals surface area contributed by atoms with Crippen LogP contribution in [0.2, 0.25) is 10.0 Å². The maximum atomic E-state index is 6.11. The fourth-order valence-corrected chi connectivity index (χ4v) is 2.40. The summed E-state index contributed by atoms with van der Waals surface area (Å²) in [5.74, 6) is 0.766. The second-order valence-corrected chi connectivity index (χ2v) is 5.23. The van der Waals surface area contributed by atoms with Crippen molar-refractivity contribution in [1.29, 1.82) is 0 Å². The van der Waals surface area contributed by atoms with Gasteiger partial charge in [0.05, 0.1) is 5.52 Å². The van der Waals surface area contributed by atoms with Crippen LogP contribution in [0, 0.1) is 0 Å². The van der Waals surface area contributed by atoms with Crippen LogP contribution in [0.3, 0.4) is 0 Å². The SMILES string of the molecule is Clc1ccc(COc2ccc3cccnc3c2)c(Cl)c1. The number of halogens is 2. The summed E-state index contributed by atoms with van der Waals surface area (Å²) in [6.07, 6.45) is 1.77. The van der Waals surface area contributed by atoms with Crippen LogP contribution in [-0.2, 0) is 6.61 Å². The molecule has 2 nitrogen and oxygen atoms in total. The van der Waals surface area contributed by atoms with E-state index >= 15 is 0 Å². The van der Waals surface area contributed by atoms with E-state index in [0.717, 1.165) is 22.2 Å². The van der Waals surface area contributed by atoms with E-state index in [1.54, 1.807) is 18.3 Å². The average Bonchev–Trinajstić information content (AvgIpc) is 2.46. The van der Waals surface area contributed by atoms with Crippen LogP contribution in [0.1, 0.15) is 5.56 Å². The Bertz CT molecular complexity index is 758. The fraction of sp³-hybridized carbons (Fsp3) is 0.0625. The van der Waals surface area contributed by atoms with Crippen LogP contribution < -0.4 is 4.74 Å². The van der Waals surface area contributed by atoms with Gasteiger partial charge in [0.25, 0.3) is 0 Å². The van der Waals surface area contributed by atoms with E-state index in [2.05, 4.69) is 4.98 Å². The normalized spacial score (nSPS) is 10.7. The van der Waals surface area contributed by atoms with Gasteiger partial charge in [0.1, 0.15) is 12.4 Å². The highest BCUT2D eigenvalue weighted by Gasteiger charge is 2.03. The first-order valence-electron chi connectivity index (χ1n) is 6.14. The van der Waals surface area contributed by atoms with Gasteiger partial charge in [-0.3, -0.25) is 4.98 Å². The zero-order valence-electron chi connectivity index (χ0n) is 10.5. The highest BCUT2D eigenvalue weighted by atomic mass is 35.5. The summed E-state index contributed by atoms with van der Waals surface area (Å²) in [5, 5.41) is 2.31. The third kappa shape index (κ3) is 2.87. The first-order chi connectivity index (χ1) is 9.72. The first kappa shape index (κ1) is 13.2. The van der Waals surface area contributed by atoms with Gasteiger partial charge in [-0.2, -0.15) is 0 Å². The number of ether oxygens (including phenoxy) is 1. The molecule has 0 fully saturated rings. The summed E-state index contributed by atoms with van der Waals surface area (Å²) in [5.41, 5.74) is 1.81. The van der Waals surface area contributed by atoms with Crippen molar-refractivity contribution < 1.29 is 4.74 Å². The molecule has 100 valence electrons. The largest absolute Gasteiger partial charge is 0.489 e. The Morgan fingerprint density at radius 1 is 1.00 bits per heavy atom. The van der Waals surface area contributed by atoms with Crippen molar-refractivity contribution in [3.05, 3.63) is 70.3 Å². The van der Waals surface area contributed by atoms with Crippen molar-refractivity contribution in [2.45, 2.75) is 6.61 Å². The minimum atomic E-state index is 0.397. The number of benzene rings is 2. The molecule has 0 unspecified atom stereocenters. The molecule has 0 atom stereocenters. The molecule has 0 aliphatic carbocycles. The molecule has 4 heteroatoms. The molecule has 2 aromatic carbocycles. The lowest BCUT2D eigenvalue weighted by atomic mass is 10.2. The Kier molecular flexibility index (Phi) is 3.77. The molecule has 0 N–H and O–H groups in total. The fourth-order valence-electron chi connectivity index (χ4n) is 1.94. The van der Waals surface area contributed by atoms with E-state index in [9.17, 15) is 0 Å². The number of pyridine rings is 1. The van der Waals surface area contributed by atoms with Gasteiger partial charge in [-0.05, 0) is 30.3 Å². The zero-order chi connectivity index (χ0) is 13.9. The molecule has 20 heavy (non-hydrogen) atoms. The third-order valence-electron chi connectivity index (χ3n) is 2.99. The number of rotatable bonds is 3. The van der Waals surface area contributed by atoms with Gasteiger partial charge < -0.3 is 4.74 Å². The summed E-state index contributed by atoms with van der Waals surface area (Å²) >= 11 is 12.0. The molecule has 1 aromatic heterocycles. The molecule has 3 aromatic rings. The second-order valence-electron chi connectivity index (χ2n) is 4.38. The minimum Gasteiger partial charge on any atom is -0.489 e. The van der Waals surface area contributed by atoms with Crippen molar-refractivity contribution >= 4 is 34.1 Å². The number of aromatic nitrogens is 1. The maximum Gasteiger partial charge on any atom is 0.122 e. The predicted octanol–water partition coefficient (Wildman–Crippen LogP) is 5.12. The number of hydrogen-bond donors (Lipinski definition) is 0. The van der Waals surface area contributed by atoms with E-state index in [4.69, 9.17) is 27.9 Å². The van der Waals surface area contributed by atoms with Crippen LogP contribution in [-0.4, -0.2) is 4.98 Å². The highest BCUT2D eigenvalue weighted by molar-refractivity contribution is 6.35. The Labute approximate surface area is 126 Å². The number of fused-ring (bicyclic) bond motifs is 1. The molecule has 0 aliphatic heterocycles. The molecule has 0 bridgehead atoms. The van der Waals surface area contributed by atoms with Gasteiger partial charge in [0.2, 0.25) is 0 Å². The number of hydrogen-bond acceptors (Lipinski definition) is 2. The van der Waals surface area contributed by atoms with Gasteiger partial charge >= 0.3 is 0 Å². The van der Waals surface area contributed by atoms with Crippen LogP contribution in [0.15, 0.2) is 54.7 Å². The van der Waals surface area contributed by atoms with Crippen molar-refractivity contribution in [2.24, 2.45) is 0 Å². The Hall–Kier alpha value is -1.77. The van der Waals surface area contributed by atoms with Gasteiger partial charge in [-0.15, -0.1) is 0 Å². The van der Waals surface area contributed by atoms with E-state index in [0.29, 0.717) is 16.7 Å². The van der Waals surface area contributed by atoms with Gasteiger partial charge in [0, 0.05) is 33.3 Å². The molecule has 0 spiro atoms. The van der Waals surface area contributed by atoms with E-state index in [1.807, 2.05) is 36.4 Å². The van der Waals surface area contributed by atoms with Crippen molar-refractivity contribution in [2.75, 3.05) is 0 Å². The van der Waals surface area contributed by atoms with E-state index in [1.165, 1.54) is 0 Å². The van der Waals surface area contributed by atoms with Crippen molar-refractivity contribution in [3.8, 4) is 5.75 Å². The van der Waals surface area contributed by atoms with E-state index in [-0.39, 0.29) is 0 Å². The van der Waals surface area contributed by atoms with E-state index < -0.39 is 0 Å². The predicted molar refractivity (Wildman–Crippen MR) is 82.5 cm³/mol. The first-order valence-corrected chi connectivity index (χ1v) is 6.89. The smallest absolute Gasteiger partial charge is 0.122 e. The monoisotopic (exact) mass is 303 g/mol. The minimum absolute atomic E-state index is 0.397. The quantitative estimate of drug-likeness (QED) is 0.670. The summed E-state index contributed by atoms with van der Waals surface area (Å²) in [4.78, 5) is 4.30.